The lowest BCUT2D eigenvalue weighted by Gasteiger charge is -2.17. The molecule has 0 spiro atoms. The normalized spacial score (nSPS) is 12.7. The predicted molar refractivity (Wildman–Crippen MR) is 99.2 cm³/mol. The largest absolute Gasteiger partial charge is 0.454 e. The highest BCUT2D eigenvalue weighted by molar-refractivity contribution is 7.89. The number of fused-ring (bicyclic) bond motifs is 1. The van der Waals surface area contributed by atoms with Gasteiger partial charge < -0.3 is 9.47 Å². The highest BCUT2D eigenvalue weighted by Gasteiger charge is 2.24. The first-order valence-corrected chi connectivity index (χ1v) is 9.74. The summed E-state index contributed by atoms with van der Waals surface area (Å²) in [6, 6.07) is 11.1. The molecule has 9 nitrogen and oxygen atoms in total. The Morgan fingerprint density at radius 2 is 1.79 bits per heavy atom. The maximum Gasteiger partial charge on any atom is 0.273 e. The number of carbonyl (C=O) groups excluding carboxylic acids is 2. The fourth-order valence-corrected chi connectivity index (χ4v) is 3.65. The average molecular weight is 405 g/mol. The van der Waals surface area contributed by atoms with Gasteiger partial charge in [-0.2, -0.15) is 4.31 Å². The van der Waals surface area contributed by atoms with E-state index in [9.17, 15) is 18.0 Å². The van der Waals surface area contributed by atoms with Crippen LogP contribution >= 0.6 is 0 Å². The van der Waals surface area contributed by atoms with Crippen molar-refractivity contribution in [2.75, 3.05) is 20.4 Å². The van der Waals surface area contributed by atoms with Crippen LogP contribution in [-0.2, 0) is 14.8 Å². The number of aryl methyl sites for hydroxylation is 1. The molecule has 3 rings (SSSR count). The number of benzene rings is 2. The number of hydrogen-bond acceptors (Lipinski definition) is 6. The van der Waals surface area contributed by atoms with Gasteiger partial charge in [-0.1, -0.05) is 23.8 Å². The van der Waals surface area contributed by atoms with Gasteiger partial charge in [0.15, 0.2) is 11.5 Å². The number of amides is 2. The van der Waals surface area contributed by atoms with E-state index >= 15 is 0 Å². The van der Waals surface area contributed by atoms with Crippen LogP contribution in [0.2, 0.25) is 0 Å². The first kappa shape index (κ1) is 19.6. The second-order valence-corrected chi connectivity index (χ2v) is 8.16. The first-order valence-electron chi connectivity index (χ1n) is 8.30. The van der Waals surface area contributed by atoms with E-state index in [0.29, 0.717) is 5.75 Å². The maximum atomic E-state index is 12.5. The molecule has 0 atom stereocenters. The fourth-order valence-electron chi connectivity index (χ4n) is 2.52. The van der Waals surface area contributed by atoms with Crippen molar-refractivity contribution in [1.82, 2.24) is 15.2 Å². The summed E-state index contributed by atoms with van der Waals surface area (Å²) in [7, 11) is -2.54. The highest BCUT2D eigenvalue weighted by Crippen LogP contribution is 2.35. The predicted octanol–water partition coefficient (Wildman–Crippen LogP) is 0.805. The van der Waals surface area contributed by atoms with Crippen LogP contribution in [0.5, 0.6) is 11.5 Å². The number of sulfonamides is 1. The maximum absolute atomic E-state index is 12.5. The van der Waals surface area contributed by atoms with Crippen LogP contribution in [0.4, 0.5) is 0 Å². The summed E-state index contributed by atoms with van der Waals surface area (Å²) in [6.07, 6.45) is 0. The number of para-hydroxylation sites is 1. The highest BCUT2D eigenvalue weighted by atomic mass is 32.2. The molecule has 0 saturated carbocycles. The molecule has 0 fully saturated rings. The monoisotopic (exact) mass is 405 g/mol. The van der Waals surface area contributed by atoms with Gasteiger partial charge in [-0.3, -0.25) is 20.4 Å². The van der Waals surface area contributed by atoms with E-state index in [0.717, 1.165) is 9.87 Å². The number of likely N-dealkylation sites (N-methyl/N-ethyl adjacent to an activating group) is 1. The Hall–Kier alpha value is -3.11. The van der Waals surface area contributed by atoms with Crippen molar-refractivity contribution < 1.29 is 27.5 Å². The number of carbonyl (C=O) groups is 2. The van der Waals surface area contributed by atoms with Crippen LogP contribution in [0.15, 0.2) is 47.4 Å². The molecule has 10 heteroatoms. The van der Waals surface area contributed by atoms with Crippen LogP contribution in [0.3, 0.4) is 0 Å². The van der Waals surface area contributed by atoms with Crippen molar-refractivity contribution in [3.05, 3.63) is 53.6 Å². The standard InChI is InChI=1S/C18H19N3O6S/c1-12-6-8-13(9-7-12)28(24,25)21(2)10-16(22)19-20-18(23)14-4-3-5-15-17(14)27-11-26-15/h3-9H,10-11H2,1-2H3,(H,19,22)(H,20,23). The second kappa shape index (κ2) is 7.87. The molecule has 0 aliphatic carbocycles. The molecule has 2 amide bonds. The molecule has 0 radical (unpaired) electrons. The molecular formula is C18H19N3O6S. The fraction of sp³-hybridized carbons (Fsp3) is 0.222. The van der Waals surface area contributed by atoms with E-state index in [1.807, 2.05) is 6.92 Å². The minimum absolute atomic E-state index is 0.00759. The number of nitrogens with zero attached hydrogens (tertiary/aromatic N) is 1. The van der Waals surface area contributed by atoms with Gasteiger partial charge in [-0.05, 0) is 31.2 Å². The van der Waals surface area contributed by atoms with Gasteiger partial charge in [0.2, 0.25) is 16.8 Å². The summed E-state index contributed by atoms with van der Waals surface area (Å²) in [5, 5.41) is 0. The molecule has 0 aromatic heterocycles. The first-order chi connectivity index (χ1) is 13.3. The Labute approximate surface area is 162 Å². The zero-order valence-electron chi connectivity index (χ0n) is 15.3. The van der Waals surface area contributed by atoms with Crippen molar-refractivity contribution >= 4 is 21.8 Å². The van der Waals surface area contributed by atoms with Gasteiger partial charge in [0.05, 0.1) is 17.0 Å². The summed E-state index contributed by atoms with van der Waals surface area (Å²) in [5.74, 6) is -0.591. The van der Waals surface area contributed by atoms with Crippen molar-refractivity contribution in [3.63, 3.8) is 0 Å². The van der Waals surface area contributed by atoms with Crippen molar-refractivity contribution in [2.45, 2.75) is 11.8 Å². The molecule has 1 aliphatic heterocycles. The SMILES string of the molecule is Cc1ccc(S(=O)(=O)N(C)CC(=O)NNC(=O)c2cccc3c2OCO3)cc1. The third-order valence-corrected chi connectivity index (χ3v) is 5.87. The Bertz CT molecular complexity index is 1000. The molecule has 2 aromatic rings. The zero-order valence-corrected chi connectivity index (χ0v) is 16.1. The number of ether oxygens (including phenoxy) is 2. The Balaban J connectivity index is 1.59. The molecule has 0 bridgehead atoms. The molecule has 0 saturated heterocycles. The van der Waals surface area contributed by atoms with Crippen molar-refractivity contribution in [1.29, 1.82) is 0 Å². The van der Waals surface area contributed by atoms with Gasteiger partial charge in [0.1, 0.15) is 0 Å². The second-order valence-electron chi connectivity index (χ2n) is 6.12. The van der Waals surface area contributed by atoms with E-state index in [1.54, 1.807) is 24.3 Å². The zero-order chi connectivity index (χ0) is 20.3. The molecule has 2 N–H and O–H groups in total. The Kier molecular flexibility index (Phi) is 5.52. The summed E-state index contributed by atoms with van der Waals surface area (Å²) in [4.78, 5) is 24.4. The quantitative estimate of drug-likeness (QED) is 0.712. The minimum Gasteiger partial charge on any atom is -0.454 e. The van der Waals surface area contributed by atoms with Crippen LogP contribution in [0, 0.1) is 6.92 Å². The van der Waals surface area contributed by atoms with Crippen LogP contribution in [0.25, 0.3) is 0 Å². The average Bonchev–Trinajstić information content (AvgIpc) is 3.15. The molecule has 1 aliphatic rings. The van der Waals surface area contributed by atoms with Gasteiger partial charge in [0.25, 0.3) is 11.8 Å². The third-order valence-electron chi connectivity index (χ3n) is 4.05. The van der Waals surface area contributed by atoms with E-state index in [1.165, 1.54) is 25.2 Å². The number of nitrogens with one attached hydrogen (secondary N) is 2. The van der Waals surface area contributed by atoms with Crippen molar-refractivity contribution in [2.24, 2.45) is 0 Å². The summed E-state index contributed by atoms with van der Waals surface area (Å²) < 4.78 is 36.3. The smallest absolute Gasteiger partial charge is 0.273 e. The molecule has 0 unspecified atom stereocenters. The Morgan fingerprint density at radius 1 is 1.07 bits per heavy atom. The summed E-state index contributed by atoms with van der Waals surface area (Å²) in [6.45, 7) is 1.38. The Morgan fingerprint density at radius 3 is 2.50 bits per heavy atom. The van der Waals surface area contributed by atoms with E-state index in [-0.39, 0.29) is 23.0 Å². The van der Waals surface area contributed by atoms with Crippen molar-refractivity contribution in [3.8, 4) is 11.5 Å². The van der Waals surface area contributed by atoms with Gasteiger partial charge in [0, 0.05) is 7.05 Å². The third kappa shape index (κ3) is 4.07. The van der Waals surface area contributed by atoms with E-state index in [4.69, 9.17) is 9.47 Å². The molecule has 2 aromatic carbocycles. The lowest BCUT2D eigenvalue weighted by molar-refractivity contribution is -0.121. The van der Waals surface area contributed by atoms with E-state index < -0.39 is 28.4 Å². The van der Waals surface area contributed by atoms with Gasteiger partial charge in [-0.15, -0.1) is 0 Å². The van der Waals surface area contributed by atoms with Gasteiger partial charge in [-0.25, -0.2) is 8.42 Å². The lowest BCUT2D eigenvalue weighted by atomic mass is 10.2. The van der Waals surface area contributed by atoms with Crippen LogP contribution < -0.4 is 20.3 Å². The molecule has 148 valence electrons. The van der Waals surface area contributed by atoms with Crippen LogP contribution in [0.1, 0.15) is 15.9 Å². The molecule has 28 heavy (non-hydrogen) atoms. The summed E-state index contributed by atoms with van der Waals surface area (Å²) >= 11 is 0. The number of rotatable bonds is 5. The molecule has 1 heterocycles. The van der Waals surface area contributed by atoms with E-state index in [2.05, 4.69) is 10.9 Å². The van der Waals surface area contributed by atoms with Crippen LogP contribution in [-0.4, -0.2) is 44.9 Å². The molecular weight excluding hydrogens is 386 g/mol. The number of hydrazine groups is 1. The summed E-state index contributed by atoms with van der Waals surface area (Å²) in [5.41, 5.74) is 5.54. The lowest BCUT2D eigenvalue weighted by Crippen LogP contribution is -2.46. The number of hydrogen-bond donors (Lipinski definition) is 2. The minimum atomic E-state index is -3.83. The topological polar surface area (TPSA) is 114 Å². The van der Waals surface area contributed by atoms with Gasteiger partial charge >= 0.3 is 0 Å².